The van der Waals surface area contributed by atoms with E-state index >= 15 is 0 Å². The molecule has 1 aliphatic rings. The number of rotatable bonds is 1. The van der Waals surface area contributed by atoms with Crippen molar-refractivity contribution in [1.29, 1.82) is 0 Å². The predicted molar refractivity (Wildman–Crippen MR) is 69.0 cm³/mol. The third-order valence-corrected chi connectivity index (χ3v) is 2.60. The summed E-state index contributed by atoms with van der Waals surface area (Å²) in [4.78, 5) is 10.1. The summed E-state index contributed by atoms with van der Waals surface area (Å²) in [5.74, 6) is -0.720. The van der Waals surface area contributed by atoms with E-state index in [0.717, 1.165) is 25.1 Å². The van der Waals surface area contributed by atoms with Crippen LogP contribution in [0.25, 0.3) is 0 Å². The molecule has 1 aliphatic heterocycles. The second kappa shape index (κ2) is 6.25. The lowest BCUT2D eigenvalue weighted by atomic mass is 10.1. The van der Waals surface area contributed by atoms with Crippen LogP contribution in [0.15, 0.2) is 18.2 Å². The highest BCUT2D eigenvalue weighted by Crippen LogP contribution is 2.09. The molecule has 4 nitrogen and oxygen atoms in total. The molecule has 1 heterocycles. The molecule has 94 valence electrons. The minimum absolute atomic E-state index is 0.269. The first-order valence-corrected chi connectivity index (χ1v) is 5.79. The third kappa shape index (κ3) is 4.87. The molecule has 1 aromatic carbocycles. The van der Waals surface area contributed by atoms with Gasteiger partial charge in [-0.25, -0.2) is 0 Å². The molecule has 0 bridgehead atoms. The number of benzene rings is 1. The van der Waals surface area contributed by atoms with Crippen LogP contribution in [0, 0.1) is 13.8 Å². The highest BCUT2D eigenvalue weighted by Gasteiger charge is 2.20. The highest BCUT2D eigenvalue weighted by atomic mass is 16.4. The summed E-state index contributed by atoms with van der Waals surface area (Å²) in [6, 6.07) is 5.77. The molecule has 0 radical (unpaired) electrons. The Morgan fingerprint density at radius 3 is 2.24 bits per heavy atom. The number of nitrogen functional groups attached to an aromatic ring is 1. The summed E-state index contributed by atoms with van der Waals surface area (Å²) < 4.78 is 0. The van der Waals surface area contributed by atoms with E-state index in [4.69, 9.17) is 10.8 Å². The fraction of sp³-hybridized carbons (Fsp3) is 0.462. The minimum Gasteiger partial charge on any atom is -0.480 e. The molecule has 0 unspecified atom stereocenters. The topological polar surface area (TPSA) is 75.4 Å². The van der Waals surface area contributed by atoms with Gasteiger partial charge in [0.25, 0.3) is 0 Å². The van der Waals surface area contributed by atoms with Crippen LogP contribution in [-0.2, 0) is 4.79 Å². The normalized spacial score (nSPS) is 18.4. The Balaban J connectivity index is 0.000000171. The highest BCUT2D eigenvalue weighted by molar-refractivity contribution is 5.73. The van der Waals surface area contributed by atoms with Crippen molar-refractivity contribution in [3.8, 4) is 0 Å². The van der Waals surface area contributed by atoms with Crippen LogP contribution in [0.4, 0.5) is 5.69 Å². The number of aliphatic carboxylic acids is 1. The van der Waals surface area contributed by atoms with E-state index in [-0.39, 0.29) is 6.04 Å². The summed E-state index contributed by atoms with van der Waals surface area (Å²) in [5.41, 5.74) is 8.87. The standard InChI is InChI=1S/C8H11N.C5H9NO2/c1-6-3-7(2)5-8(9)4-6;7-5(8)4-2-1-3-6-4/h3-5H,9H2,1-2H3;4,6H,1-3H2,(H,7,8)/t;4-/m.0/s1. The zero-order valence-electron chi connectivity index (χ0n) is 10.4. The fourth-order valence-corrected chi connectivity index (χ4v) is 1.91. The molecule has 4 heteroatoms. The van der Waals surface area contributed by atoms with Gasteiger partial charge in [-0.3, -0.25) is 4.79 Å². The lowest BCUT2D eigenvalue weighted by Crippen LogP contribution is -2.29. The number of nitrogens with one attached hydrogen (secondary N) is 1. The van der Waals surface area contributed by atoms with Crippen LogP contribution >= 0.6 is 0 Å². The summed E-state index contributed by atoms with van der Waals surface area (Å²) >= 11 is 0. The maximum atomic E-state index is 10.1. The first kappa shape index (κ1) is 13.5. The maximum absolute atomic E-state index is 10.1. The zero-order chi connectivity index (χ0) is 12.8. The monoisotopic (exact) mass is 236 g/mol. The Labute approximate surface area is 102 Å². The van der Waals surface area contributed by atoms with Crippen molar-refractivity contribution in [2.75, 3.05) is 12.3 Å². The van der Waals surface area contributed by atoms with Gasteiger partial charge in [0.05, 0.1) is 0 Å². The number of hydrogen-bond donors (Lipinski definition) is 3. The van der Waals surface area contributed by atoms with Gasteiger partial charge < -0.3 is 16.2 Å². The number of nitrogens with two attached hydrogens (primary N) is 1. The molecular formula is C13H20N2O2. The van der Waals surface area contributed by atoms with Crippen molar-refractivity contribution in [2.45, 2.75) is 32.7 Å². The fourth-order valence-electron chi connectivity index (χ4n) is 1.91. The van der Waals surface area contributed by atoms with Gasteiger partial charge in [-0.1, -0.05) is 6.07 Å². The van der Waals surface area contributed by atoms with E-state index in [1.54, 1.807) is 0 Å². The Morgan fingerprint density at radius 2 is 1.94 bits per heavy atom. The Bertz CT molecular complexity index is 335. The van der Waals surface area contributed by atoms with Crippen LogP contribution < -0.4 is 11.1 Å². The number of hydrogen-bond acceptors (Lipinski definition) is 3. The molecule has 0 aliphatic carbocycles. The molecule has 0 spiro atoms. The third-order valence-electron chi connectivity index (χ3n) is 2.60. The van der Waals surface area contributed by atoms with E-state index < -0.39 is 5.97 Å². The molecule has 2 rings (SSSR count). The lowest BCUT2D eigenvalue weighted by Gasteiger charge is -1.99. The van der Waals surface area contributed by atoms with Gasteiger partial charge in [-0.15, -0.1) is 0 Å². The average Bonchev–Trinajstić information content (AvgIpc) is 2.68. The van der Waals surface area contributed by atoms with E-state index in [0.29, 0.717) is 0 Å². The van der Waals surface area contributed by atoms with Crippen LogP contribution in [-0.4, -0.2) is 23.7 Å². The molecule has 4 N–H and O–H groups in total. The first-order chi connectivity index (χ1) is 7.99. The van der Waals surface area contributed by atoms with E-state index in [1.807, 2.05) is 26.0 Å². The summed E-state index contributed by atoms with van der Waals surface area (Å²) in [7, 11) is 0. The maximum Gasteiger partial charge on any atom is 0.320 e. The van der Waals surface area contributed by atoms with E-state index in [2.05, 4.69) is 11.4 Å². The molecule has 0 saturated carbocycles. The largest absolute Gasteiger partial charge is 0.480 e. The number of carbonyl (C=O) groups is 1. The van der Waals surface area contributed by atoms with E-state index in [1.165, 1.54) is 11.1 Å². The molecule has 0 amide bonds. The van der Waals surface area contributed by atoms with Crippen LogP contribution in [0.5, 0.6) is 0 Å². The van der Waals surface area contributed by atoms with Gasteiger partial charge in [0, 0.05) is 5.69 Å². The van der Waals surface area contributed by atoms with Gasteiger partial charge in [-0.05, 0) is 56.5 Å². The predicted octanol–water partition coefficient (Wildman–Crippen LogP) is 1.71. The van der Waals surface area contributed by atoms with Crippen molar-refractivity contribution in [2.24, 2.45) is 0 Å². The second-order valence-corrected chi connectivity index (χ2v) is 4.41. The molecule has 1 aromatic rings. The summed E-state index contributed by atoms with van der Waals surface area (Å²) in [6.07, 6.45) is 1.78. The first-order valence-electron chi connectivity index (χ1n) is 5.79. The number of carboxylic acid groups (broad SMARTS) is 1. The molecule has 1 saturated heterocycles. The molecule has 1 fully saturated rings. The van der Waals surface area contributed by atoms with Crippen LogP contribution in [0.3, 0.4) is 0 Å². The Morgan fingerprint density at radius 1 is 1.35 bits per heavy atom. The van der Waals surface area contributed by atoms with Gasteiger partial charge in [-0.2, -0.15) is 0 Å². The van der Waals surface area contributed by atoms with Crippen LogP contribution in [0.1, 0.15) is 24.0 Å². The SMILES string of the molecule is Cc1cc(C)cc(N)c1.O=C(O)[C@@H]1CCCN1. The van der Waals surface area contributed by atoms with Gasteiger partial charge >= 0.3 is 5.97 Å². The van der Waals surface area contributed by atoms with Crippen molar-refractivity contribution >= 4 is 11.7 Å². The smallest absolute Gasteiger partial charge is 0.320 e. The van der Waals surface area contributed by atoms with Crippen molar-refractivity contribution < 1.29 is 9.90 Å². The van der Waals surface area contributed by atoms with Gasteiger partial charge in [0.1, 0.15) is 6.04 Å². The molecule has 1 atom stereocenters. The minimum atomic E-state index is -0.720. The van der Waals surface area contributed by atoms with Gasteiger partial charge in [0.15, 0.2) is 0 Å². The summed E-state index contributed by atoms with van der Waals surface area (Å²) in [6.45, 7) is 4.95. The molecule has 17 heavy (non-hydrogen) atoms. The number of carboxylic acids is 1. The molecular weight excluding hydrogens is 216 g/mol. The van der Waals surface area contributed by atoms with Crippen molar-refractivity contribution in [1.82, 2.24) is 5.32 Å². The number of anilines is 1. The van der Waals surface area contributed by atoms with Gasteiger partial charge in [0.2, 0.25) is 0 Å². The molecule has 0 aromatic heterocycles. The van der Waals surface area contributed by atoms with Crippen molar-refractivity contribution in [3.63, 3.8) is 0 Å². The average molecular weight is 236 g/mol. The van der Waals surface area contributed by atoms with Crippen LogP contribution in [0.2, 0.25) is 0 Å². The Kier molecular flexibility index (Phi) is 4.97. The second-order valence-electron chi connectivity index (χ2n) is 4.41. The zero-order valence-corrected chi connectivity index (χ0v) is 10.4. The lowest BCUT2D eigenvalue weighted by molar-refractivity contribution is -0.139. The van der Waals surface area contributed by atoms with Crippen molar-refractivity contribution in [3.05, 3.63) is 29.3 Å². The number of aryl methyl sites for hydroxylation is 2. The Hall–Kier alpha value is -1.55. The summed E-state index contributed by atoms with van der Waals surface area (Å²) in [5, 5.41) is 11.2. The quantitative estimate of drug-likeness (QED) is 0.649. The van der Waals surface area contributed by atoms with E-state index in [9.17, 15) is 4.79 Å².